The molecule has 2 nitrogen and oxygen atoms in total. The first kappa shape index (κ1) is 8.48. The van der Waals surface area contributed by atoms with Crippen LogP contribution in [0.2, 0.25) is 0 Å². The molecule has 2 N–H and O–H groups in total. The molecule has 13 heavy (non-hydrogen) atoms. The molecular weight excluding hydrogens is 184 g/mol. The van der Waals surface area contributed by atoms with Crippen LogP contribution in [0.5, 0.6) is 0 Å². The second-order valence-electron chi connectivity index (χ2n) is 2.82. The molecule has 1 aromatic heterocycles. The van der Waals surface area contributed by atoms with Crippen LogP contribution in [0.15, 0.2) is 36.5 Å². The molecule has 66 valence electrons. The number of aromatic nitrogens is 1. The molecule has 0 aliphatic rings. The molecule has 0 bridgehead atoms. The van der Waals surface area contributed by atoms with E-state index in [2.05, 4.69) is 4.98 Å². The first-order chi connectivity index (χ1) is 6.29. The van der Waals surface area contributed by atoms with Crippen LogP contribution in [-0.4, -0.2) is 4.98 Å². The molecule has 0 amide bonds. The van der Waals surface area contributed by atoms with Gasteiger partial charge in [-0.1, -0.05) is 24.3 Å². The van der Waals surface area contributed by atoms with Gasteiger partial charge in [-0.15, -0.1) is 11.6 Å². The quantitative estimate of drug-likeness (QED) is 0.557. The predicted molar refractivity (Wildman–Crippen MR) is 54.5 cm³/mol. The number of nitrogens with two attached hydrogens (primary N) is 1. The summed E-state index contributed by atoms with van der Waals surface area (Å²) in [5.74, 6) is 0. The number of para-hydroxylation sites is 1. The van der Waals surface area contributed by atoms with Crippen LogP contribution in [0.25, 0.3) is 10.9 Å². The zero-order chi connectivity index (χ0) is 9.26. The lowest BCUT2D eigenvalue weighted by Gasteiger charge is -2.06. The van der Waals surface area contributed by atoms with E-state index < -0.39 is 5.50 Å². The lowest BCUT2D eigenvalue weighted by Crippen LogP contribution is -2.03. The fraction of sp³-hybridized carbons (Fsp3) is 0.100. The van der Waals surface area contributed by atoms with Gasteiger partial charge >= 0.3 is 0 Å². The molecular formula is C10H9ClN2. The normalized spacial score (nSPS) is 13.1. The maximum Gasteiger partial charge on any atom is 0.108 e. The lowest BCUT2D eigenvalue weighted by molar-refractivity contribution is 1.03. The molecule has 2 rings (SSSR count). The minimum absolute atomic E-state index is 0.487. The van der Waals surface area contributed by atoms with Gasteiger partial charge in [-0.3, -0.25) is 4.98 Å². The molecule has 0 aliphatic heterocycles. The number of hydrogen-bond acceptors (Lipinski definition) is 2. The van der Waals surface area contributed by atoms with Crippen LogP contribution >= 0.6 is 11.6 Å². The molecule has 3 heteroatoms. The maximum atomic E-state index is 5.82. The van der Waals surface area contributed by atoms with Crippen molar-refractivity contribution in [3.8, 4) is 0 Å². The summed E-state index contributed by atoms with van der Waals surface area (Å²) in [6.07, 6.45) is 1.74. The van der Waals surface area contributed by atoms with Crippen molar-refractivity contribution in [2.45, 2.75) is 5.50 Å². The molecule has 1 heterocycles. The van der Waals surface area contributed by atoms with E-state index in [0.29, 0.717) is 0 Å². The van der Waals surface area contributed by atoms with Crippen molar-refractivity contribution in [1.29, 1.82) is 0 Å². The highest BCUT2D eigenvalue weighted by atomic mass is 35.5. The molecule has 0 radical (unpaired) electrons. The average Bonchev–Trinajstić information content (AvgIpc) is 2.17. The van der Waals surface area contributed by atoms with E-state index in [1.807, 2.05) is 30.3 Å². The monoisotopic (exact) mass is 192 g/mol. The van der Waals surface area contributed by atoms with Crippen molar-refractivity contribution in [2.75, 3.05) is 0 Å². The van der Waals surface area contributed by atoms with Crippen molar-refractivity contribution >= 4 is 22.5 Å². The Balaban J connectivity index is 2.76. The van der Waals surface area contributed by atoms with Gasteiger partial charge in [0.1, 0.15) is 5.50 Å². The standard InChI is InChI=1S/C10H9ClN2/c11-10(12)8-5-1-3-7-4-2-6-13-9(7)8/h1-6,10H,12H2. The zero-order valence-corrected chi connectivity index (χ0v) is 7.70. The smallest absolute Gasteiger partial charge is 0.108 e. The van der Waals surface area contributed by atoms with Crippen molar-refractivity contribution in [3.05, 3.63) is 42.1 Å². The van der Waals surface area contributed by atoms with Gasteiger partial charge in [-0.25, -0.2) is 0 Å². The highest BCUT2D eigenvalue weighted by Gasteiger charge is 2.06. The van der Waals surface area contributed by atoms with E-state index in [4.69, 9.17) is 17.3 Å². The molecule has 0 saturated carbocycles. The summed E-state index contributed by atoms with van der Waals surface area (Å²) in [4.78, 5) is 4.24. The first-order valence-electron chi connectivity index (χ1n) is 4.02. The van der Waals surface area contributed by atoms with Crippen LogP contribution in [0, 0.1) is 0 Å². The molecule has 1 unspecified atom stereocenters. The molecule has 2 aromatic rings. The number of halogens is 1. The number of alkyl halides is 1. The summed E-state index contributed by atoms with van der Waals surface area (Å²) >= 11 is 5.82. The van der Waals surface area contributed by atoms with Gasteiger partial charge in [-0.05, 0) is 6.07 Å². The Morgan fingerprint density at radius 2 is 2.00 bits per heavy atom. The van der Waals surface area contributed by atoms with Crippen LogP contribution in [0.1, 0.15) is 11.1 Å². The summed E-state index contributed by atoms with van der Waals surface area (Å²) in [5, 5.41) is 1.07. The van der Waals surface area contributed by atoms with E-state index in [-0.39, 0.29) is 0 Å². The summed E-state index contributed by atoms with van der Waals surface area (Å²) in [6.45, 7) is 0. The van der Waals surface area contributed by atoms with Crippen LogP contribution in [0.3, 0.4) is 0 Å². The van der Waals surface area contributed by atoms with Crippen LogP contribution < -0.4 is 5.73 Å². The molecule has 0 saturated heterocycles. The van der Waals surface area contributed by atoms with E-state index in [1.165, 1.54) is 0 Å². The van der Waals surface area contributed by atoms with Crippen molar-refractivity contribution in [3.63, 3.8) is 0 Å². The Morgan fingerprint density at radius 1 is 1.23 bits per heavy atom. The Labute approximate surface area is 81.3 Å². The van der Waals surface area contributed by atoms with E-state index in [9.17, 15) is 0 Å². The second kappa shape index (κ2) is 3.32. The van der Waals surface area contributed by atoms with Crippen molar-refractivity contribution < 1.29 is 0 Å². The number of nitrogens with zero attached hydrogens (tertiary/aromatic N) is 1. The van der Waals surface area contributed by atoms with Gasteiger partial charge in [0.25, 0.3) is 0 Å². The van der Waals surface area contributed by atoms with E-state index >= 15 is 0 Å². The molecule has 1 atom stereocenters. The number of rotatable bonds is 1. The van der Waals surface area contributed by atoms with E-state index in [1.54, 1.807) is 6.20 Å². The van der Waals surface area contributed by atoms with Gasteiger partial charge in [0.15, 0.2) is 0 Å². The number of fused-ring (bicyclic) bond motifs is 1. The summed E-state index contributed by atoms with van der Waals surface area (Å²) in [5.41, 5.74) is 6.87. The summed E-state index contributed by atoms with van der Waals surface area (Å²) in [7, 11) is 0. The Bertz CT molecular complexity index is 421. The van der Waals surface area contributed by atoms with Gasteiger partial charge in [0.2, 0.25) is 0 Å². The van der Waals surface area contributed by atoms with Crippen molar-refractivity contribution in [1.82, 2.24) is 4.98 Å². The largest absolute Gasteiger partial charge is 0.312 e. The van der Waals surface area contributed by atoms with Crippen LogP contribution in [0.4, 0.5) is 0 Å². The molecule has 0 fully saturated rings. The van der Waals surface area contributed by atoms with Gasteiger partial charge < -0.3 is 5.73 Å². The second-order valence-corrected chi connectivity index (χ2v) is 3.29. The van der Waals surface area contributed by atoms with Crippen molar-refractivity contribution in [2.24, 2.45) is 5.73 Å². The fourth-order valence-electron chi connectivity index (χ4n) is 1.35. The SMILES string of the molecule is NC(Cl)c1cccc2cccnc12. The highest BCUT2D eigenvalue weighted by Crippen LogP contribution is 2.22. The van der Waals surface area contributed by atoms with Gasteiger partial charge in [0.05, 0.1) is 5.52 Å². The third-order valence-electron chi connectivity index (χ3n) is 1.96. The first-order valence-corrected chi connectivity index (χ1v) is 4.46. The predicted octanol–water partition coefficient (Wildman–Crippen LogP) is 2.43. The minimum Gasteiger partial charge on any atom is -0.312 e. The third-order valence-corrected chi connectivity index (χ3v) is 2.20. The third kappa shape index (κ3) is 1.50. The summed E-state index contributed by atoms with van der Waals surface area (Å²) < 4.78 is 0. The zero-order valence-electron chi connectivity index (χ0n) is 6.94. The van der Waals surface area contributed by atoms with E-state index in [0.717, 1.165) is 16.5 Å². The lowest BCUT2D eigenvalue weighted by atomic mass is 10.1. The van der Waals surface area contributed by atoms with Gasteiger partial charge in [0, 0.05) is 17.1 Å². The Kier molecular flexibility index (Phi) is 2.17. The van der Waals surface area contributed by atoms with Crippen LogP contribution in [-0.2, 0) is 0 Å². The molecule has 0 spiro atoms. The fourth-order valence-corrected chi connectivity index (χ4v) is 1.53. The summed E-state index contributed by atoms with van der Waals surface area (Å²) in [6, 6.07) is 9.71. The molecule has 0 aliphatic carbocycles. The number of pyridine rings is 1. The van der Waals surface area contributed by atoms with Gasteiger partial charge in [-0.2, -0.15) is 0 Å². The molecule has 1 aromatic carbocycles. The maximum absolute atomic E-state index is 5.82. The average molecular weight is 193 g/mol. The number of hydrogen-bond donors (Lipinski definition) is 1. The Hall–Kier alpha value is -1.12. The minimum atomic E-state index is -0.487. The Morgan fingerprint density at radius 3 is 2.77 bits per heavy atom. The topological polar surface area (TPSA) is 38.9 Å². The highest BCUT2D eigenvalue weighted by molar-refractivity contribution is 6.21. The number of benzene rings is 1.